The Kier molecular flexibility index (Phi) is 4.61. The SMILES string of the molecule is CCc1nc2n(c1C(O)c1cc(Br)c(O)c(Br)c1)CCCC2. The van der Waals surface area contributed by atoms with Crippen molar-refractivity contribution in [3.05, 3.63) is 43.9 Å². The number of imidazole rings is 1. The van der Waals surface area contributed by atoms with Gasteiger partial charge in [0, 0.05) is 13.0 Å². The fraction of sp³-hybridized carbons (Fsp3) is 0.438. The zero-order valence-electron chi connectivity index (χ0n) is 12.3. The van der Waals surface area contributed by atoms with Crippen molar-refractivity contribution in [1.29, 1.82) is 0 Å². The molecule has 1 aromatic carbocycles. The lowest BCUT2D eigenvalue weighted by molar-refractivity contribution is 0.206. The molecule has 0 fully saturated rings. The monoisotopic (exact) mass is 428 g/mol. The number of aromatic hydroxyl groups is 1. The number of aryl methyl sites for hydroxylation is 2. The van der Waals surface area contributed by atoms with Crippen LogP contribution in [0.2, 0.25) is 0 Å². The highest BCUT2D eigenvalue weighted by Crippen LogP contribution is 2.37. The molecule has 118 valence electrons. The van der Waals surface area contributed by atoms with E-state index in [-0.39, 0.29) is 5.75 Å². The second kappa shape index (κ2) is 6.34. The molecule has 4 nitrogen and oxygen atoms in total. The number of phenols is 1. The standard InChI is InChI=1S/C16H18Br2N2O2/c1-2-12-14(20-6-4-3-5-13(20)19-12)15(21)9-7-10(17)16(22)11(18)8-9/h7-8,15,21-22H,2-6H2,1H3. The molecule has 22 heavy (non-hydrogen) atoms. The molecule has 0 spiro atoms. The molecule has 0 aliphatic carbocycles. The van der Waals surface area contributed by atoms with Gasteiger partial charge in [0.25, 0.3) is 0 Å². The van der Waals surface area contributed by atoms with Crippen LogP contribution in [-0.2, 0) is 19.4 Å². The highest BCUT2D eigenvalue weighted by atomic mass is 79.9. The van der Waals surface area contributed by atoms with Crippen molar-refractivity contribution in [2.45, 2.75) is 45.3 Å². The molecule has 2 N–H and O–H groups in total. The van der Waals surface area contributed by atoms with Gasteiger partial charge in [-0.25, -0.2) is 4.98 Å². The Morgan fingerprint density at radius 3 is 2.59 bits per heavy atom. The molecule has 1 aliphatic rings. The Morgan fingerprint density at radius 1 is 1.27 bits per heavy atom. The van der Waals surface area contributed by atoms with Gasteiger partial charge in [-0.05, 0) is 68.8 Å². The molecule has 1 aromatic heterocycles. The summed E-state index contributed by atoms with van der Waals surface area (Å²) in [6.45, 7) is 2.97. The number of fused-ring (bicyclic) bond motifs is 1. The molecule has 0 amide bonds. The fourth-order valence-corrected chi connectivity index (χ4v) is 4.25. The Labute approximate surface area is 146 Å². The van der Waals surface area contributed by atoms with Crippen LogP contribution < -0.4 is 0 Å². The van der Waals surface area contributed by atoms with Crippen LogP contribution in [0.5, 0.6) is 5.75 Å². The molecule has 6 heteroatoms. The van der Waals surface area contributed by atoms with Gasteiger partial charge in [-0.15, -0.1) is 0 Å². The first-order chi connectivity index (χ1) is 10.5. The van der Waals surface area contributed by atoms with E-state index in [1.807, 2.05) is 0 Å². The third-order valence-corrected chi connectivity index (χ3v) is 5.35. The summed E-state index contributed by atoms with van der Waals surface area (Å²) in [5.74, 6) is 1.22. The van der Waals surface area contributed by atoms with Gasteiger partial charge >= 0.3 is 0 Å². The maximum absolute atomic E-state index is 10.9. The van der Waals surface area contributed by atoms with Gasteiger partial charge in [-0.2, -0.15) is 0 Å². The van der Waals surface area contributed by atoms with Crippen molar-refractivity contribution in [2.24, 2.45) is 0 Å². The molecule has 3 rings (SSSR count). The number of rotatable bonds is 3. The minimum Gasteiger partial charge on any atom is -0.506 e. The lowest BCUT2D eigenvalue weighted by Gasteiger charge is -2.20. The van der Waals surface area contributed by atoms with E-state index in [1.54, 1.807) is 12.1 Å². The summed E-state index contributed by atoms with van der Waals surface area (Å²) in [4.78, 5) is 4.71. The lowest BCUT2D eigenvalue weighted by Crippen LogP contribution is -2.16. The van der Waals surface area contributed by atoms with Gasteiger partial charge in [0.15, 0.2) is 0 Å². The summed E-state index contributed by atoms with van der Waals surface area (Å²) >= 11 is 6.65. The maximum atomic E-state index is 10.9. The first kappa shape index (κ1) is 16.0. The van der Waals surface area contributed by atoms with Crippen LogP contribution in [-0.4, -0.2) is 19.8 Å². The Hall–Kier alpha value is -0.850. The number of nitrogens with zero attached hydrogens (tertiary/aromatic N) is 2. The average molecular weight is 430 g/mol. The number of hydrogen-bond acceptors (Lipinski definition) is 3. The molecule has 1 aliphatic heterocycles. The normalized spacial score (nSPS) is 15.6. The minimum atomic E-state index is -0.748. The van der Waals surface area contributed by atoms with E-state index in [4.69, 9.17) is 4.98 Å². The molecule has 2 heterocycles. The summed E-state index contributed by atoms with van der Waals surface area (Å²) in [6, 6.07) is 3.51. The Balaban J connectivity index is 2.09. The summed E-state index contributed by atoms with van der Waals surface area (Å²) < 4.78 is 3.29. The maximum Gasteiger partial charge on any atom is 0.143 e. The number of aromatic nitrogens is 2. The lowest BCUT2D eigenvalue weighted by atomic mass is 10.0. The van der Waals surface area contributed by atoms with E-state index >= 15 is 0 Å². The third kappa shape index (κ3) is 2.72. The van der Waals surface area contributed by atoms with E-state index < -0.39 is 6.10 Å². The van der Waals surface area contributed by atoms with Gasteiger partial charge in [-0.3, -0.25) is 0 Å². The second-order valence-corrected chi connectivity index (χ2v) is 7.27. The Morgan fingerprint density at radius 2 is 1.95 bits per heavy atom. The number of phenolic OH excluding ortho intramolecular Hbond substituents is 1. The zero-order valence-corrected chi connectivity index (χ0v) is 15.5. The smallest absolute Gasteiger partial charge is 0.143 e. The van der Waals surface area contributed by atoms with Crippen LogP contribution in [0.25, 0.3) is 0 Å². The molecule has 2 aromatic rings. The molecular weight excluding hydrogens is 412 g/mol. The van der Waals surface area contributed by atoms with Crippen LogP contribution in [0.1, 0.15) is 48.6 Å². The Bertz CT molecular complexity index is 689. The van der Waals surface area contributed by atoms with E-state index in [2.05, 4.69) is 43.4 Å². The zero-order chi connectivity index (χ0) is 15.9. The van der Waals surface area contributed by atoms with E-state index in [1.165, 1.54) is 0 Å². The topological polar surface area (TPSA) is 58.3 Å². The van der Waals surface area contributed by atoms with Crippen LogP contribution in [0.3, 0.4) is 0 Å². The first-order valence-electron chi connectivity index (χ1n) is 7.47. The molecule has 0 saturated heterocycles. The first-order valence-corrected chi connectivity index (χ1v) is 9.05. The highest BCUT2D eigenvalue weighted by Gasteiger charge is 2.25. The molecule has 0 saturated carbocycles. The van der Waals surface area contributed by atoms with Crippen LogP contribution in [0.4, 0.5) is 0 Å². The van der Waals surface area contributed by atoms with Crippen molar-refractivity contribution in [2.75, 3.05) is 0 Å². The summed E-state index contributed by atoms with van der Waals surface area (Å²) in [6.07, 6.45) is 3.30. The van der Waals surface area contributed by atoms with Crippen LogP contribution >= 0.6 is 31.9 Å². The molecule has 0 bridgehead atoms. The van der Waals surface area contributed by atoms with Gasteiger partial charge in [0.2, 0.25) is 0 Å². The van der Waals surface area contributed by atoms with E-state index in [0.29, 0.717) is 8.95 Å². The van der Waals surface area contributed by atoms with Crippen LogP contribution in [0.15, 0.2) is 21.1 Å². The van der Waals surface area contributed by atoms with Gasteiger partial charge in [0.05, 0.1) is 20.3 Å². The third-order valence-electron chi connectivity index (χ3n) is 4.14. The number of hydrogen-bond donors (Lipinski definition) is 2. The summed E-state index contributed by atoms with van der Waals surface area (Å²) in [5.41, 5.74) is 2.59. The van der Waals surface area contributed by atoms with Crippen LogP contribution in [0, 0.1) is 0 Å². The molecule has 0 radical (unpaired) electrons. The highest BCUT2D eigenvalue weighted by molar-refractivity contribution is 9.11. The van der Waals surface area contributed by atoms with Crippen molar-refractivity contribution in [3.8, 4) is 5.75 Å². The number of aliphatic hydroxyl groups excluding tert-OH is 1. The number of benzene rings is 1. The number of halogens is 2. The largest absolute Gasteiger partial charge is 0.506 e. The number of aliphatic hydroxyl groups is 1. The quantitative estimate of drug-likeness (QED) is 0.772. The predicted molar refractivity (Wildman–Crippen MR) is 92.1 cm³/mol. The van der Waals surface area contributed by atoms with Gasteiger partial charge in [0.1, 0.15) is 17.7 Å². The van der Waals surface area contributed by atoms with Crippen molar-refractivity contribution < 1.29 is 10.2 Å². The van der Waals surface area contributed by atoms with Crippen molar-refractivity contribution in [3.63, 3.8) is 0 Å². The van der Waals surface area contributed by atoms with E-state index in [9.17, 15) is 10.2 Å². The molecule has 1 atom stereocenters. The summed E-state index contributed by atoms with van der Waals surface area (Å²) in [5, 5.41) is 20.7. The average Bonchev–Trinajstić information content (AvgIpc) is 2.89. The van der Waals surface area contributed by atoms with E-state index in [0.717, 1.165) is 55.0 Å². The van der Waals surface area contributed by atoms with Crippen molar-refractivity contribution in [1.82, 2.24) is 9.55 Å². The second-order valence-electron chi connectivity index (χ2n) is 5.56. The minimum absolute atomic E-state index is 0.141. The fourth-order valence-electron chi connectivity index (χ4n) is 3.03. The van der Waals surface area contributed by atoms with Gasteiger partial charge in [-0.1, -0.05) is 6.92 Å². The summed E-state index contributed by atoms with van der Waals surface area (Å²) in [7, 11) is 0. The van der Waals surface area contributed by atoms with Gasteiger partial charge < -0.3 is 14.8 Å². The van der Waals surface area contributed by atoms with Crippen molar-refractivity contribution >= 4 is 31.9 Å². The molecule has 1 unspecified atom stereocenters. The molecular formula is C16H18Br2N2O2. The predicted octanol–water partition coefficient (Wildman–Crippen LogP) is 4.09.